The van der Waals surface area contributed by atoms with E-state index in [0.29, 0.717) is 6.54 Å². The van der Waals surface area contributed by atoms with Gasteiger partial charge in [-0.2, -0.15) is 0 Å². The van der Waals surface area contributed by atoms with Crippen LogP contribution in [0.4, 0.5) is 5.82 Å². The van der Waals surface area contributed by atoms with Crippen molar-refractivity contribution in [2.24, 2.45) is 0 Å². The van der Waals surface area contributed by atoms with Crippen molar-refractivity contribution in [1.82, 2.24) is 9.97 Å². The first kappa shape index (κ1) is 13.1. The zero-order chi connectivity index (χ0) is 13.9. The van der Waals surface area contributed by atoms with Crippen molar-refractivity contribution in [2.45, 2.75) is 0 Å². The Morgan fingerprint density at radius 3 is 2.80 bits per heavy atom. The molecule has 0 amide bonds. The van der Waals surface area contributed by atoms with Gasteiger partial charge in [-0.15, -0.1) is 17.9 Å². The quantitative estimate of drug-likeness (QED) is 0.565. The standard InChI is InChI=1S/C15H12ClN3S/c1-2-8-17-13-11-9-12(10-6-4-3-5-7-10)20-14(11)19-15(16)18-13/h2-7,9H,1,8H2,(H,17,18,19). The molecule has 0 radical (unpaired) electrons. The first-order valence-corrected chi connectivity index (χ1v) is 7.34. The summed E-state index contributed by atoms with van der Waals surface area (Å²) < 4.78 is 0. The molecular weight excluding hydrogens is 290 g/mol. The smallest absolute Gasteiger partial charge is 0.225 e. The van der Waals surface area contributed by atoms with E-state index >= 15 is 0 Å². The van der Waals surface area contributed by atoms with Crippen molar-refractivity contribution in [3.8, 4) is 10.4 Å². The van der Waals surface area contributed by atoms with Gasteiger partial charge in [-0.25, -0.2) is 9.97 Å². The molecule has 3 aromatic rings. The van der Waals surface area contributed by atoms with Crippen LogP contribution in [0.15, 0.2) is 49.1 Å². The van der Waals surface area contributed by atoms with Gasteiger partial charge in [0.15, 0.2) is 0 Å². The Labute approximate surface area is 126 Å². The molecular formula is C15H12ClN3S. The second kappa shape index (κ2) is 5.61. The molecule has 0 atom stereocenters. The van der Waals surface area contributed by atoms with E-state index in [0.717, 1.165) is 20.9 Å². The van der Waals surface area contributed by atoms with E-state index in [1.54, 1.807) is 17.4 Å². The van der Waals surface area contributed by atoms with E-state index in [1.807, 2.05) is 18.2 Å². The van der Waals surface area contributed by atoms with Gasteiger partial charge in [0.2, 0.25) is 5.28 Å². The number of halogens is 1. The Hall–Kier alpha value is -1.91. The summed E-state index contributed by atoms with van der Waals surface area (Å²) in [5, 5.41) is 4.44. The Morgan fingerprint density at radius 1 is 1.25 bits per heavy atom. The predicted octanol–water partition coefficient (Wildman–Crippen LogP) is 4.61. The number of nitrogens with one attached hydrogen (secondary N) is 1. The van der Waals surface area contributed by atoms with Crippen LogP contribution in [-0.4, -0.2) is 16.5 Å². The number of hydrogen-bond acceptors (Lipinski definition) is 4. The lowest BCUT2D eigenvalue weighted by molar-refractivity contribution is 1.19. The van der Waals surface area contributed by atoms with Gasteiger partial charge in [0.25, 0.3) is 0 Å². The van der Waals surface area contributed by atoms with Crippen molar-refractivity contribution >= 4 is 39.0 Å². The van der Waals surface area contributed by atoms with E-state index in [-0.39, 0.29) is 5.28 Å². The Kier molecular flexibility index (Phi) is 3.67. The van der Waals surface area contributed by atoms with Crippen LogP contribution in [0.5, 0.6) is 0 Å². The summed E-state index contributed by atoms with van der Waals surface area (Å²) in [5.41, 5.74) is 1.17. The predicted molar refractivity (Wildman–Crippen MR) is 86.5 cm³/mol. The molecule has 0 aliphatic carbocycles. The van der Waals surface area contributed by atoms with Gasteiger partial charge < -0.3 is 5.32 Å². The highest BCUT2D eigenvalue weighted by Gasteiger charge is 2.11. The molecule has 0 bridgehead atoms. The molecule has 100 valence electrons. The number of hydrogen-bond donors (Lipinski definition) is 1. The van der Waals surface area contributed by atoms with E-state index in [1.165, 1.54) is 5.56 Å². The van der Waals surface area contributed by atoms with E-state index in [2.05, 4.69) is 40.1 Å². The number of anilines is 1. The van der Waals surface area contributed by atoms with Gasteiger partial charge in [-0.3, -0.25) is 0 Å². The minimum atomic E-state index is 0.255. The molecule has 20 heavy (non-hydrogen) atoms. The highest BCUT2D eigenvalue weighted by atomic mass is 35.5. The van der Waals surface area contributed by atoms with E-state index < -0.39 is 0 Å². The minimum absolute atomic E-state index is 0.255. The lowest BCUT2D eigenvalue weighted by Crippen LogP contribution is -2.01. The van der Waals surface area contributed by atoms with Crippen molar-refractivity contribution in [3.05, 3.63) is 54.3 Å². The molecule has 0 saturated heterocycles. The van der Waals surface area contributed by atoms with Crippen LogP contribution in [0.25, 0.3) is 20.7 Å². The Balaban J connectivity index is 2.12. The van der Waals surface area contributed by atoms with Crippen LogP contribution < -0.4 is 5.32 Å². The number of fused-ring (bicyclic) bond motifs is 1. The molecule has 3 nitrogen and oxygen atoms in total. The van der Waals surface area contributed by atoms with Crippen LogP contribution in [0, 0.1) is 0 Å². The number of thiophene rings is 1. The summed E-state index contributed by atoms with van der Waals surface area (Å²) in [6.07, 6.45) is 1.78. The third kappa shape index (κ3) is 2.53. The summed E-state index contributed by atoms with van der Waals surface area (Å²) >= 11 is 7.59. The maximum absolute atomic E-state index is 5.98. The third-order valence-corrected chi connectivity index (χ3v) is 4.08. The first-order chi connectivity index (χ1) is 9.78. The molecule has 1 aromatic carbocycles. The van der Waals surface area contributed by atoms with Gasteiger partial charge in [-0.1, -0.05) is 36.4 Å². The van der Waals surface area contributed by atoms with Crippen molar-refractivity contribution < 1.29 is 0 Å². The highest BCUT2D eigenvalue weighted by molar-refractivity contribution is 7.22. The van der Waals surface area contributed by atoms with E-state index in [9.17, 15) is 0 Å². The molecule has 0 spiro atoms. The van der Waals surface area contributed by atoms with Crippen LogP contribution in [0.2, 0.25) is 5.28 Å². The van der Waals surface area contributed by atoms with Gasteiger partial charge in [-0.05, 0) is 23.2 Å². The third-order valence-electron chi connectivity index (χ3n) is 2.84. The molecule has 0 fully saturated rings. The molecule has 3 rings (SSSR count). The summed E-state index contributed by atoms with van der Waals surface area (Å²) in [5.74, 6) is 0.748. The monoisotopic (exact) mass is 301 g/mol. The van der Waals surface area contributed by atoms with E-state index in [4.69, 9.17) is 11.6 Å². The van der Waals surface area contributed by atoms with Crippen molar-refractivity contribution in [3.63, 3.8) is 0 Å². The summed E-state index contributed by atoms with van der Waals surface area (Å²) in [4.78, 5) is 10.6. The maximum Gasteiger partial charge on any atom is 0.225 e. The molecule has 1 N–H and O–H groups in total. The van der Waals surface area contributed by atoms with Gasteiger partial charge >= 0.3 is 0 Å². The number of aromatic nitrogens is 2. The second-order valence-corrected chi connectivity index (χ2v) is 5.58. The second-order valence-electron chi connectivity index (χ2n) is 4.21. The molecule has 0 unspecified atom stereocenters. The molecule has 0 aliphatic heterocycles. The summed E-state index contributed by atoms with van der Waals surface area (Å²) in [6.45, 7) is 4.33. The molecule has 5 heteroatoms. The molecule has 0 saturated carbocycles. The van der Waals surface area contributed by atoms with Crippen molar-refractivity contribution in [2.75, 3.05) is 11.9 Å². The zero-order valence-electron chi connectivity index (χ0n) is 10.6. The maximum atomic E-state index is 5.98. The SMILES string of the molecule is C=CCNc1nc(Cl)nc2sc(-c3ccccc3)cc12. The molecule has 2 aromatic heterocycles. The molecule has 2 heterocycles. The first-order valence-electron chi connectivity index (χ1n) is 6.15. The topological polar surface area (TPSA) is 37.8 Å². The van der Waals surface area contributed by atoms with Crippen LogP contribution >= 0.6 is 22.9 Å². The summed E-state index contributed by atoms with van der Waals surface area (Å²) in [7, 11) is 0. The fourth-order valence-corrected chi connectivity index (χ4v) is 3.20. The van der Waals surface area contributed by atoms with Crippen molar-refractivity contribution in [1.29, 1.82) is 0 Å². The fourth-order valence-electron chi connectivity index (χ4n) is 1.94. The Bertz CT molecular complexity index is 752. The Morgan fingerprint density at radius 2 is 2.05 bits per heavy atom. The zero-order valence-corrected chi connectivity index (χ0v) is 12.2. The van der Waals surface area contributed by atoms with Gasteiger partial charge in [0.1, 0.15) is 10.6 Å². The largest absolute Gasteiger partial charge is 0.366 e. The highest BCUT2D eigenvalue weighted by Crippen LogP contribution is 2.35. The van der Waals surface area contributed by atoms with Crippen LogP contribution in [0.1, 0.15) is 0 Å². The normalized spacial score (nSPS) is 10.7. The number of benzene rings is 1. The fraction of sp³-hybridized carbons (Fsp3) is 0.0667. The average molecular weight is 302 g/mol. The number of nitrogens with zero attached hydrogens (tertiary/aromatic N) is 2. The number of rotatable bonds is 4. The molecule has 0 aliphatic rings. The van der Waals surface area contributed by atoms with Gasteiger partial charge in [0, 0.05) is 11.4 Å². The minimum Gasteiger partial charge on any atom is -0.366 e. The average Bonchev–Trinajstić information content (AvgIpc) is 2.89. The van der Waals surface area contributed by atoms with Gasteiger partial charge in [0.05, 0.1) is 5.39 Å². The lowest BCUT2D eigenvalue weighted by Gasteiger charge is -2.03. The lowest BCUT2D eigenvalue weighted by atomic mass is 10.2. The van der Waals surface area contributed by atoms with Crippen LogP contribution in [0.3, 0.4) is 0 Å². The summed E-state index contributed by atoms with van der Waals surface area (Å²) in [6, 6.07) is 12.3. The van der Waals surface area contributed by atoms with Crippen LogP contribution in [-0.2, 0) is 0 Å².